The Labute approximate surface area is 100 Å². The molecule has 17 heavy (non-hydrogen) atoms. The van der Waals surface area contributed by atoms with Gasteiger partial charge in [-0.05, 0) is 32.0 Å². The molecule has 0 bridgehead atoms. The zero-order chi connectivity index (χ0) is 12.8. The third kappa shape index (κ3) is 4.72. The summed E-state index contributed by atoms with van der Waals surface area (Å²) in [6, 6.07) is 4.54. The minimum Gasteiger partial charge on any atom is -0.399 e. The number of benzene rings is 1. The molecule has 1 aromatic carbocycles. The summed E-state index contributed by atoms with van der Waals surface area (Å²) in [5.74, 6) is -0.461. The molecule has 0 fully saturated rings. The quantitative estimate of drug-likeness (QED) is 0.685. The number of anilines is 2. The van der Waals surface area contributed by atoms with E-state index in [4.69, 9.17) is 5.73 Å². The van der Waals surface area contributed by atoms with E-state index in [1.165, 1.54) is 6.07 Å². The molecule has 0 aliphatic heterocycles. The summed E-state index contributed by atoms with van der Waals surface area (Å²) in [6.07, 6.45) is 0.308. The molecule has 1 rings (SSSR count). The van der Waals surface area contributed by atoms with Crippen molar-refractivity contribution in [1.82, 2.24) is 5.32 Å². The first-order chi connectivity index (χ1) is 7.99. The fraction of sp³-hybridized carbons (Fsp3) is 0.417. The summed E-state index contributed by atoms with van der Waals surface area (Å²) in [7, 11) is 0. The molecule has 1 amide bonds. The van der Waals surface area contributed by atoms with Gasteiger partial charge < -0.3 is 16.4 Å². The number of carbonyl (C=O) groups is 1. The summed E-state index contributed by atoms with van der Waals surface area (Å²) in [5, 5.41) is 5.61. The lowest BCUT2D eigenvalue weighted by molar-refractivity contribution is -0.121. The van der Waals surface area contributed by atoms with Crippen molar-refractivity contribution in [3.63, 3.8) is 0 Å². The molecule has 0 aromatic heterocycles. The first-order valence-corrected chi connectivity index (χ1v) is 5.57. The number of rotatable bonds is 5. The predicted molar refractivity (Wildman–Crippen MR) is 67.2 cm³/mol. The van der Waals surface area contributed by atoms with Gasteiger partial charge in [0.1, 0.15) is 5.82 Å². The molecule has 5 heteroatoms. The van der Waals surface area contributed by atoms with Crippen LogP contribution in [0.15, 0.2) is 18.2 Å². The Bertz CT molecular complexity index is 393. The fourth-order valence-corrected chi connectivity index (χ4v) is 1.38. The number of nitrogens with two attached hydrogens (primary N) is 1. The number of nitrogen functional groups attached to an aromatic ring is 1. The monoisotopic (exact) mass is 239 g/mol. The molecule has 1 aromatic rings. The van der Waals surface area contributed by atoms with Crippen molar-refractivity contribution < 1.29 is 9.18 Å². The third-order valence-corrected chi connectivity index (χ3v) is 2.11. The third-order valence-electron chi connectivity index (χ3n) is 2.11. The van der Waals surface area contributed by atoms with E-state index in [1.807, 2.05) is 13.8 Å². The highest BCUT2D eigenvalue weighted by atomic mass is 19.1. The normalized spacial score (nSPS) is 10.4. The molecule has 0 unspecified atom stereocenters. The average Bonchev–Trinajstić information content (AvgIpc) is 2.20. The number of carbonyl (C=O) groups excluding carboxylic acids is 1. The Balaban J connectivity index is 2.38. The highest BCUT2D eigenvalue weighted by Gasteiger charge is 2.05. The number of hydrogen-bond acceptors (Lipinski definition) is 3. The van der Waals surface area contributed by atoms with Crippen molar-refractivity contribution in [3.8, 4) is 0 Å². The summed E-state index contributed by atoms with van der Waals surface area (Å²) < 4.78 is 13.3. The van der Waals surface area contributed by atoms with Gasteiger partial charge in [0.25, 0.3) is 0 Å². The summed E-state index contributed by atoms with van der Waals surface area (Å²) in [6.45, 7) is 4.18. The Morgan fingerprint density at radius 3 is 2.76 bits per heavy atom. The minimum atomic E-state index is -0.408. The van der Waals surface area contributed by atoms with E-state index in [9.17, 15) is 9.18 Å². The van der Waals surface area contributed by atoms with Crippen LogP contribution in [0.5, 0.6) is 0 Å². The van der Waals surface area contributed by atoms with Gasteiger partial charge in [0, 0.05) is 24.7 Å². The molecule has 0 spiro atoms. The van der Waals surface area contributed by atoms with Crippen LogP contribution in [0.1, 0.15) is 20.3 Å². The molecule has 4 N–H and O–H groups in total. The van der Waals surface area contributed by atoms with Crippen LogP contribution in [0.3, 0.4) is 0 Å². The predicted octanol–water partition coefficient (Wildman–Crippen LogP) is 1.73. The van der Waals surface area contributed by atoms with Gasteiger partial charge in [0.05, 0.1) is 5.69 Å². The zero-order valence-corrected chi connectivity index (χ0v) is 10.1. The van der Waals surface area contributed by atoms with E-state index in [1.54, 1.807) is 12.1 Å². The topological polar surface area (TPSA) is 67.2 Å². The molecule has 0 radical (unpaired) electrons. The summed E-state index contributed by atoms with van der Waals surface area (Å²) in [4.78, 5) is 11.3. The van der Waals surface area contributed by atoms with E-state index in [0.717, 1.165) is 0 Å². The Hall–Kier alpha value is -1.78. The second-order valence-corrected chi connectivity index (χ2v) is 4.14. The van der Waals surface area contributed by atoms with Crippen molar-refractivity contribution in [2.75, 3.05) is 17.6 Å². The van der Waals surface area contributed by atoms with Gasteiger partial charge in [-0.3, -0.25) is 4.79 Å². The lowest BCUT2D eigenvalue weighted by Gasteiger charge is -2.10. The van der Waals surface area contributed by atoms with Crippen molar-refractivity contribution in [2.45, 2.75) is 26.3 Å². The van der Waals surface area contributed by atoms with Crippen molar-refractivity contribution >= 4 is 17.3 Å². The van der Waals surface area contributed by atoms with E-state index in [-0.39, 0.29) is 11.9 Å². The minimum absolute atomic E-state index is 0.0525. The molecule has 0 atom stereocenters. The van der Waals surface area contributed by atoms with E-state index >= 15 is 0 Å². The number of hydrogen-bond donors (Lipinski definition) is 3. The van der Waals surface area contributed by atoms with Gasteiger partial charge in [0.2, 0.25) is 5.91 Å². The molecule has 94 valence electrons. The Kier molecular flexibility index (Phi) is 4.75. The number of nitrogens with one attached hydrogen (secondary N) is 2. The molecule has 0 aliphatic carbocycles. The first kappa shape index (κ1) is 13.3. The molecular formula is C12H18FN3O. The molecule has 0 saturated carbocycles. The number of amides is 1. The Morgan fingerprint density at radius 1 is 1.47 bits per heavy atom. The van der Waals surface area contributed by atoms with Crippen LogP contribution < -0.4 is 16.4 Å². The van der Waals surface area contributed by atoms with Gasteiger partial charge in [0.15, 0.2) is 0 Å². The van der Waals surface area contributed by atoms with Gasteiger partial charge in [-0.2, -0.15) is 0 Å². The van der Waals surface area contributed by atoms with Gasteiger partial charge in [-0.15, -0.1) is 0 Å². The summed E-state index contributed by atoms with van der Waals surface area (Å²) in [5.41, 5.74) is 6.17. The summed E-state index contributed by atoms with van der Waals surface area (Å²) >= 11 is 0. The van der Waals surface area contributed by atoms with E-state index < -0.39 is 5.82 Å². The van der Waals surface area contributed by atoms with E-state index in [2.05, 4.69) is 10.6 Å². The highest BCUT2D eigenvalue weighted by molar-refractivity contribution is 5.76. The lowest BCUT2D eigenvalue weighted by atomic mass is 10.2. The van der Waals surface area contributed by atoms with Crippen molar-refractivity contribution in [1.29, 1.82) is 0 Å². The van der Waals surface area contributed by atoms with Crippen LogP contribution in [0.2, 0.25) is 0 Å². The van der Waals surface area contributed by atoms with Crippen LogP contribution >= 0.6 is 0 Å². The lowest BCUT2D eigenvalue weighted by Crippen LogP contribution is -2.31. The smallest absolute Gasteiger partial charge is 0.221 e. The maximum atomic E-state index is 13.3. The average molecular weight is 239 g/mol. The second-order valence-electron chi connectivity index (χ2n) is 4.14. The molecular weight excluding hydrogens is 221 g/mol. The van der Waals surface area contributed by atoms with Crippen molar-refractivity contribution in [3.05, 3.63) is 24.0 Å². The molecule has 4 nitrogen and oxygen atoms in total. The maximum absolute atomic E-state index is 13.3. The fourth-order valence-electron chi connectivity index (χ4n) is 1.38. The first-order valence-electron chi connectivity index (χ1n) is 5.57. The standard InChI is InChI=1S/C12H18FN3O/c1-8(2)16-12(17)5-6-15-11-4-3-9(14)7-10(11)13/h3-4,7-8,15H,5-6,14H2,1-2H3,(H,16,17). The van der Waals surface area contributed by atoms with Crippen molar-refractivity contribution in [2.24, 2.45) is 0 Å². The highest BCUT2D eigenvalue weighted by Crippen LogP contribution is 2.16. The largest absolute Gasteiger partial charge is 0.399 e. The van der Waals surface area contributed by atoms with Gasteiger partial charge >= 0.3 is 0 Å². The van der Waals surface area contributed by atoms with Crippen LogP contribution in [0, 0.1) is 5.82 Å². The maximum Gasteiger partial charge on any atom is 0.221 e. The molecule has 0 saturated heterocycles. The Morgan fingerprint density at radius 2 is 2.18 bits per heavy atom. The number of halogens is 1. The SMILES string of the molecule is CC(C)NC(=O)CCNc1ccc(N)cc1F. The molecule has 0 heterocycles. The van der Waals surface area contributed by atoms with Crippen LogP contribution in [-0.2, 0) is 4.79 Å². The van der Waals surface area contributed by atoms with Crippen LogP contribution in [0.25, 0.3) is 0 Å². The van der Waals surface area contributed by atoms with E-state index in [0.29, 0.717) is 24.3 Å². The van der Waals surface area contributed by atoms with Gasteiger partial charge in [-0.25, -0.2) is 4.39 Å². The van der Waals surface area contributed by atoms with Gasteiger partial charge in [-0.1, -0.05) is 0 Å². The van der Waals surface area contributed by atoms with Crippen LogP contribution in [0.4, 0.5) is 15.8 Å². The molecule has 0 aliphatic rings. The zero-order valence-electron chi connectivity index (χ0n) is 10.1. The van der Waals surface area contributed by atoms with Crippen LogP contribution in [-0.4, -0.2) is 18.5 Å². The second kappa shape index (κ2) is 6.08.